The van der Waals surface area contributed by atoms with Crippen LogP contribution in [0.15, 0.2) is 11.1 Å². The zero-order valence-electron chi connectivity index (χ0n) is 17.6. The first-order chi connectivity index (χ1) is 15.4. The summed E-state index contributed by atoms with van der Waals surface area (Å²) < 4.78 is 40.8. The van der Waals surface area contributed by atoms with Crippen molar-refractivity contribution < 1.29 is 13.2 Å². The van der Waals surface area contributed by atoms with Crippen LogP contribution in [0.25, 0.3) is 10.2 Å². The number of halogens is 3. The second kappa shape index (κ2) is 8.39. The lowest BCUT2D eigenvalue weighted by molar-refractivity contribution is -0.147. The predicted molar refractivity (Wildman–Crippen MR) is 117 cm³/mol. The molecule has 1 N–H and O–H groups in total. The molecule has 3 aromatic rings. The fourth-order valence-electron chi connectivity index (χ4n) is 4.14. The Balaban J connectivity index is 1.51. The molecule has 2 aliphatic heterocycles. The third kappa shape index (κ3) is 4.08. The Morgan fingerprint density at radius 1 is 1.28 bits per heavy atom. The highest BCUT2D eigenvalue weighted by Gasteiger charge is 2.39. The summed E-state index contributed by atoms with van der Waals surface area (Å²) in [4.78, 5) is 17.9. The van der Waals surface area contributed by atoms with Crippen LogP contribution in [0.1, 0.15) is 36.3 Å². The molecule has 0 aliphatic carbocycles. The first-order valence-electron chi connectivity index (χ1n) is 10.7. The fourth-order valence-corrected chi connectivity index (χ4v) is 5.26. The Morgan fingerprint density at radius 3 is 2.91 bits per heavy atom. The van der Waals surface area contributed by atoms with Crippen LogP contribution in [0.2, 0.25) is 0 Å². The van der Waals surface area contributed by atoms with Gasteiger partial charge in [0.05, 0.1) is 11.9 Å². The first kappa shape index (κ1) is 21.3. The average molecular weight is 465 g/mol. The van der Waals surface area contributed by atoms with Gasteiger partial charge in [-0.1, -0.05) is 13.3 Å². The highest BCUT2D eigenvalue weighted by molar-refractivity contribution is 7.18. The number of hydrogen-bond donors (Lipinski definition) is 1. The van der Waals surface area contributed by atoms with E-state index in [2.05, 4.69) is 38.5 Å². The van der Waals surface area contributed by atoms with Crippen molar-refractivity contribution in [1.29, 1.82) is 0 Å². The van der Waals surface area contributed by atoms with Crippen molar-refractivity contribution in [3.8, 4) is 0 Å². The minimum Gasteiger partial charge on any atom is -0.347 e. The Morgan fingerprint density at radius 2 is 2.16 bits per heavy atom. The molecule has 12 heteroatoms. The molecule has 0 aromatic carbocycles. The van der Waals surface area contributed by atoms with Crippen molar-refractivity contribution in [2.45, 2.75) is 45.5 Å². The standard InChI is InChI=1S/C20H23F3N8S/c1-2-3-13-8-14-16(26-19(27-17(14)32-13)25-10-12-4-5-24-9-12)30-6-7-31-15(11-30)28-29-18(31)20(21,22)23/h8,10,12,24H,2-7,9,11H2,1H3/t12-/m0/s1. The molecule has 1 fully saturated rings. The molecule has 1 saturated heterocycles. The van der Waals surface area contributed by atoms with E-state index >= 15 is 0 Å². The van der Waals surface area contributed by atoms with Crippen molar-refractivity contribution in [2.75, 3.05) is 24.5 Å². The highest BCUT2D eigenvalue weighted by atomic mass is 32.1. The lowest BCUT2D eigenvalue weighted by atomic mass is 10.1. The summed E-state index contributed by atoms with van der Waals surface area (Å²) in [5.74, 6) is 0.754. The van der Waals surface area contributed by atoms with Crippen molar-refractivity contribution in [3.63, 3.8) is 0 Å². The number of nitrogens with zero attached hydrogens (tertiary/aromatic N) is 7. The number of rotatable bonds is 5. The lowest BCUT2D eigenvalue weighted by Crippen LogP contribution is -2.36. The number of alkyl halides is 3. The van der Waals surface area contributed by atoms with Crippen molar-refractivity contribution >= 4 is 39.5 Å². The molecule has 5 rings (SSSR count). The van der Waals surface area contributed by atoms with Gasteiger partial charge in [-0.2, -0.15) is 23.1 Å². The zero-order chi connectivity index (χ0) is 22.3. The summed E-state index contributed by atoms with van der Waals surface area (Å²) in [5.41, 5.74) is 0. The Hall–Kier alpha value is -2.60. The minimum atomic E-state index is -4.52. The van der Waals surface area contributed by atoms with Gasteiger partial charge in [0, 0.05) is 36.6 Å². The molecule has 0 saturated carbocycles. The summed E-state index contributed by atoms with van der Waals surface area (Å²) >= 11 is 1.62. The normalized spacial score (nSPS) is 19.4. The van der Waals surface area contributed by atoms with Gasteiger partial charge in [-0.15, -0.1) is 21.5 Å². The molecular weight excluding hydrogens is 441 g/mol. The maximum absolute atomic E-state index is 13.2. The highest BCUT2D eigenvalue weighted by Crippen LogP contribution is 2.36. The minimum absolute atomic E-state index is 0.140. The van der Waals surface area contributed by atoms with Crippen LogP contribution in [0.3, 0.4) is 0 Å². The lowest BCUT2D eigenvalue weighted by Gasteiger charge is -2.29. The van der Waals surface area contributed by atoms with Gasteiger partial charge in [0.2, 0.25) is 5.82 Å². The van der Waals surface area contributed by atoms with Gasteiger partial charge in [0.25, 0.3) is 5.95 Å². The number of aliphatic imine (C=N–C) groups is 1. The average Bonchev–Trinajstić information content (AvgIpc) is 3.49. The summed E-state index contributed by atoms with van der Waals surface area (Å²) in [6, 6.07) is 2.09. The van der Waals surface area contributed by atoms with Gasteiger partial charge in [0.15, 0.2) is 5.82 Å². The van der Waals surface area contributed by atoms with Crippen molar-refractivity contribution in [2.24, 2.45) is 10.9 Å². The molecule has 0 radical (unpaired) electrons. The van der Waals surface area contributed by atoms with Gasteiger partial charge in [-0.05, 0) is 25.5 Å². The summed E-state index contributed by atoms with van der Waals surface area (Å²) in [5, 5.41) is 11.4. The molecular formula is C20H23F3N8S. The molecule has 32 heavy (non-hydrogen) atoms. The van der Waals surface area contributed by atoms with Crippen LogP contribution < -0.4 is 10.2 Å². The number of hydrogen-bond acceptors (Lipinski definition) is 8. The molecule has 1 atom stereocenters. The van der Waals surface area contributed by atoms with Crippen LogP contribution in [0.5, 0.6) is 0 Å². The van der Waals surface area contributed by atoms with E-state index in [4.69, 9.17) is 4.98 Å². The fraction of sp³-hybridized carbons (Fsp3) is 0.550. The van der Waals surface area contributed by atoms with E-state index in [-0.39, 0.29) is 18.9 Å². The van der Waals surface area contributed by atoms with Crippen LogP contribution >= 0.6 is 11.3 Å². The SMILES string of the molecule is CCCc1cc2c(N3CCn4c(nnc4C(F)(F)F)C3)nc(N=C[C@H]3CCNC3)nc2s1. The Labute approximate surface area is 186 Å². The van der Waals surface area contributed by atoms with E-state index in [9.17, 15) is 13.2 Å². The molecule has 8 nitrogen and oxygen atoms in total. The largest absolute Gasteiger partial charge is 0.451 e. The third-order valence-electron chi connectivity index (χ3n) is 5.71. The topological polar surface area (TPSA) is 84.1 Å². The van der Waals surface area contributed by atoms with Gasteiger partial charge in [0.1, 0.15) is 10.6 Å². The maximum Gasteiger partial charge on any atom is 0.451 e. The maximum atomic E-state index is 13.2. The second-order valence-corrected chi connectivity index (χ2v) is 9.19. The molecule has 0 amide bonds. The van der Waals surface area contributed by atoms with E-state index in [0.29, 0.717) is 24.2 Å². The number of thiophene rings is 1. The smallest absolute Gasteiger partial charge is 0.347 e. The number of aryl methyl sites for hydroxylation is 1. The number of aromatic nitrogens is 5. The van der Waals surface area contributed by atoms with E-state index < -0.39 is 12.0 Å². The van der Waals surface area contributed by atoms with Gasteiger partial charge in [-0.3, -0.25) is 0 Å². The number of fused-ring (bicyclic) bond motifs is 2. The molecule has 0 unspecified atom stereocenters. The molecule has 3 aromatic heterocycles. The van der Waals surface area contributed by atoms with Crippen molar-refractivity contribution in [3.05, 3.63) is 22.6 Å². The summed E-state index contributed by atoms with van der Waals surface area (Å²) in [7, 11) is 0. The molecule has 2 aliphatic rings. The van der Waals surface area contributed by atoms with Crippen LogP contribution in [-0.2, 0) is 25.7 Å². The first-order valence-corrected chi connectivity index (χ1v) is 11.5. The molecule has 0 spiro atoms. The summed E-state index contributed by atoms with van der Waals surface area (Å²) in [6.07, 6.45) is 0.364. The van der Waals surface area contributed by atoms with Gasteiger partial charge < -0.3 is 14.8 Å². The molecule has 5 heterocycles. The summed E-state index contributed by atoms with van der Waals surface area (Å²) in [6.45, 7) is 4.70. The molecule has 170 valence electrons. The van der Waals surface area contributed by atoms with Gasteiger partial charge in [-0.25, -0.2) is 4.99 Å². The Kier molecular flexibility index (Phi) is 5.58. The van der Waals surface area contributed by atoms with E-state index in [1.165, 1.54) is 4.88 Å². The van der Waals surface area contributed by atoms with Crippen LogP contribution in [-0.4, -0.2) is 50.6 Å². The predicted octanol–water partition coefficient (Wildman–Crippen LogP) is 3.59. The second-order valence-electron chi connectivity index (χ2n) is 8.07. The van der Waals surface area contributed by atoms with Gasteiger partial charge >= 0.3 is 6.18 Å². The Bertz CT molecular complexity index is 1150. The van der Waals surface area contributed by atoms with E-state index in [1.54, 1.807) is 11.3 Å². The van der Waals surface area contributed by atoms with E-state index in [0.717, 1.165) is 47.1 Å². The van der Waals surface area contributed by atoms with Crippen LogP contribution in [0.4, 0.5) is 24.9 Å². The third-order valence-corrected chi connectivity index (χ3v) is 6.80. The quantitative estimate of drug-likeness (QED) is 0.581. The van der Waals surface area contributed by atoms with Crippen LogP contribution in [0, 0.1) is 5.92 Å². The number of nitrogens with one attached hydrogen (secondary N) is 1. The monoisotopic (exact) mass is 464 g/mol. The molecule has 0 bridgehead atoms. The van der Waals surface area contributed by atoms with Crippen molar-refractivity contribution in [1.82, 2.24) is 30.0 Å². The van der Waals surface area contributed by atoms with E-state index in [1.807, 2.05) is 11.1 Å². The number of anilines is 1. The zero-order valence-corrected chi connectivity index (χ0v) is 18.4.